The summed E-state index contributed by atoms with van der Waals surface area (Å²) in [4.78, 5) is 12.1. The van der Waals surface area contributed by atoms with E-state index >= 15 is 0 Å². The second kappa shape index (κ2) is 6.37. The first-order chi connectivity index (χ1) is 11.4. The highest BCUT2D eigenvalue weighted by atomic mass is 32.2. The van der Waals surface area contributed by atoms with E-state index in [1.54, 1.807) is 49.4 Å². The van der Waals surface area contributed by atoms with Crippen LogP contribution in [0.1, 0.15) is 34.0 Å². The lowest BCUT2D eigenvalue weighted by atomic mass is 10.1. The first kappa shape index (κ1) is 16.7. The van der Waals surface area contributed by atoms with Crippen LogP contribution in [0.3, 0.4) is 0 Å². The zero-order valence-corrected chi connectivity index (χ0v) is 14.5. The molecule has 0 saturated heterocycles. The Hall–Kier alpha value is -2.18. The Balaban J connectivity index is 1.85. The molecule has 0 atom stereocenters. The van der Waals surface area contributed by atoms with Gasteiger partial charge in [0.1, 0.15) is 0 Å². The van der Waals surface area contributed by atoms with Crippen molar-refractivity contribution in [1.82, 2.24) is 4.31 Å². The fraction of sp³-hybridized carbons (Fsp3) is 0.278. The molecule has 0 aliphatic carbocycles. The number of nitrogens with zero attached hydrogens (tertiary/aromatic N) is 1. The van der Waals surface area contributed by atoms with Crippen molar-refractivity contribution in [1.29, 1.82) is 0 Å². The predicted octanol–water partition coefficient (Wildman–Crippen LogP) is 2.88. The van der Waals surface area contributed by atoms with Crippen molar-refractivity contribution in [3.8, 4) is 0 Å². The third kappa shape index (κ3) is 3.07. The highest BCUT2D eigenvalue weighted by Crippen LogP contribution is 2.29. The molecule has 6 heteroatoms. The molecule has 0 unspecified atom stereocenters. The SMILES string of the molecule is CCOC(=O)c1ccc2c(c1)CN(S(=O)(=O)c1ccc(C)cc1)C2. The lowest BCUT2D eigenvalue weighted by Crippen LogP contribution is -2.25. The minimum Gasteiger partial charge on any atom is -0.462 e. The minimum absolute atomic E-state index is 0.263. The summed E-state index contributed by atoms with van der Waals surface area (Å²) >= 11 is 0. The smallest absolute Gasteiger partial charge is 0.338 e. The molecule has 126 valence electrons. The van der Waals surface area contributed by atoms with Gasteiger partial charge in [0.2, 0.25) is 10.0 Å². The van der Waals surface area contributed by atoms with Crippen LogP contribution in [0, 0.1) is 6.92 Å². The maximum atomic E-state index is 12.8. The number of esters is 1. The summed E-state index contributed by atoms with van der Waals surface area (Å²) in [7, 11) is -3.55. The van der Waals surface area contributed by atoms with Crippen LogP contribution in [0.4, 0.5) is 0 Å². The molecule has 2 aromatic rings. The Labute approximate surface area is 141 Å². The van der Waals surface area contributed by atoms with Gasteiger partial charge in [0.25, 0.3) is 0 Å². The van der Waals surface area contributed by atoms with Gasteiger partial charge in [-0.3, -0.25) is 0 Å². The first-order valence-electron chi connectivity index (χ1n) is 7.77. The highest BCUT2D eigenvalue weighted by Gasteiger charge is 2.31. The standard InChI is InChI=1S/C18H19NO4S/c1-3-23-18(20)14-6-7-15-11-19(12-16(15)10-14)24(21,22)17-8-4-13(2)5-9-17/h4-10H,3,11-12H2,1-2H3. The summed E-state index contributed by atoms with van der Waals surface area (Å²) in [6.45, 7) is 4.55. The van der Waals surface area contributed by atoms with E-state index in [0.29, 0.717) is 18.7 Å². The van der Waals surface area contributed by atoms with Crippen LogP contribution < -0.4 is 0 Å². The van der Waals surface area contributed by atoms with Crippen molar-refractivity contribution in [2.75, 3.05) is 6.61 Å². The van der Waals surface area contributed by atoms with Gasteiger partial charge in [0.05, 0.1) is 17.1 Å². The van der Waals surface area contributed by atoms with E-state index in [1.807, 2.05) is 6.92 Å². The summed E-state index contributed by atoms with van der Waals surface area (Å²) in [5.74, 6) is -0.389. The van der Waals surface area contributed by atoms with Crippen molar-refractivity contribution in [3.63, 3.8) is 0 Å². The molecule has 0 amide bonds. The molecule has 0 aromatic heterocycles. The van der Waals surface area contributed by atoms with Gasteiger partial charge < -0.3 is 4.74 Å². The van der Waals surface area contributed by atoms with Crippen LogP contribution in [0.5, 0.6) is 0 Å². The van der Waals surface area contributed by atoms with Crippen LogP contribution in [0.25, 0.3) is 0 Å². The predicted molar refractivity (Wildman–Crippen MR) is 90.0 cm³/mol. The topological polar surface area (TPSA) is 63.7 Å². The first-order valence-corrected chi connectivity index (χ1v) is 9.21. The third-order valence-electron chi connectivity index (χ3n) is 4.07. The van der Waals surface area contributed by atoms with Gasteiger partial charge in [-0.15, -0.1) is 0 Å². The molecule has 3 rings (SSSR count). The minimum atomic E-state index is -3.55. The van der Waals surface area contributed by atoms with E-state index in [0.717, 1.165) is 16.7 Å². The fourth-order valence-electron chi connectivity index (χ4n) is 2.73. The van der Waals surface area contributed by atoms with Gasteiger partial charge in [-0.05, 0) is 49.2 Å². The van der Waals surface area contributed by atoms with Gasteiger partial charge in [-0.2, -0.15) is 4.31 Å². The Morgan fingerprint density at radius 1 is 1.08 bits per heavy atom. The van der Waals surface area contributed by atoms with E-state index in [-0.39, 0.29) is 17.4 Å². The van der Waals surface area contributed by atoms with E-state index in [2.05, 4.69) is 0 Å². The van der Waals surface area contributed by atoms with Crippen LogP contribution in [-0.2, 0) is 27.8 Å². The largest absolute Gasteiger partial charge is 0.462 e. The van der Waals surface area contributed by atoms with Gasteiger partial charge in [-0.25, -0.2) is 13.2 Å². The van der Waals surface area contributed by atoms with Gasteiger partial charge >= 0.3 is 5.97 Å². The second-order valence-corrected chi connectivity index (χ2v) is 7.73. The highest BCUT2D eigenvalue weighted by molar-refractivity contribution is 7.89. The number of hydrogen-bond donors (Lipinski definition) is 0. The molecule has 0 bridgehead atoms. The maximum absolute atomic E-state index is 12.8. The van der Waals surface area contributed by atoms with Crippen molar-refractivity contribution >= 4 is 16.0 Å². The molecule has 0 saturated carbocycles. The number of rotatable bonds is 4. The molecule has 0 spiro atoms. The third-order valence-corrected chi connectivity index (χ3v) is 5.88. The molecule has 2 aromatic carbocycles. The van der Waals surface area contributed by atoms with Gasteiger partial charge in [-0.1, -0.05) is 23.8 Å². The second-order valence-electron chi connectivity index (χ2n) is 5.79. The molecular formula is C18H19NO4S. The number of hydrogen-bond acceptors (Lipinski definition) is 4. The van der Waals surface area contributed by atoms with Gasteiger partial charge in [0, 0.05) is 13.1 Å². The number of carbonyl (C=O) groups excluding carboxylic acids is 1. The Kier molecular flexibility index (Phi) is 4.43. The molecular weight excluding hydrogens is 326 g/mol. The Morgan fingerprint density at radius 2 is 1.75 bits per heavy atom. The Morgan fingerprint density at radius 3 is 2.42 bits per heavy atom. The molecule has 1 heterocycles. The van der Waals surface area contributed by atoms with Crippen molar-refractivity contribution in [2.24, 2.45) is 0 Å². The molecule has 5 nitrogen and oxygen atoms in total. The van der Waals surface area contributed by atoms with Crippen molar-refractivity contribution < 1.29 is 17.9 Å². The zero-order chi connectivity index (χ0) is 17.3. The molecule has 0 radical (unpaired) electrons. The number of sulfonamides is 1. The molecule has 0 N–H and O–H groups in total. The van der Waals surface area contributed by atoms with Gasteiger partial charge in [0.15, 0.2) is 0 Å². The van der Waals surface area contributed by atoms with E-state index < -0.39 is 10.0 Å². The van der Waals surface area contributed by atoms with Crippen molar-refractivity contribution in [3.05, 3.63) is 64.7 Å². The number of aryl methyl sites for hydroxylation is 1. The summed E-state index contributed by atoms with van der Waals surface area (Å²) in [6.07, 6.45) is 0. The zero-order valence-electron chi connectivity index (χ0n) is 13.7. The number of carbonyl (C=O) groups is 1. The average Bonchev–Trinajstić information content (AvgIpc) is 2.99. The summed E-state index contributed by atoms with van der Waals surface area (Å²) in [5, 5.41) is 0. The molecule has 1 aliphatic heterocycles. The number of ether oxygens (including phenoxy) is 1. The van der Waals surface area contributed by atoms with E-state index in [9.17, 15) is 13.2 Å². The number of benzene rings is 2. The molecule has 24 heavy (non-hydrogen) atoms. The molecule has 1 aliphatic rings. The normalized spacial score (nSPS) is 14.4. The quantitative estimate of drug-likeness (QED) is 0.799. The van der Waals surface area contributed by atoms with E-state index in [4.69, 9.17) is 4.74 Å². The van der Waals surface area contributed by atoms with Crippen LogP contribution >= 0.6 is 0 Å². The van der Waals surface area contributed by atoms with Crippen LogP contribution in [0.15, 0.2) is 47.4 Å². The monoisotopic (exact) mass is 345 g/mol. The summed E-state index contributed by atoms with van der Waals surface area (Å²) < 4.78 is 32.0. The van der Waals surface area contributed by atoms with Crippen molar-refractivity contribution in [2.45, 2.75) is 31.8 Å². The number of fused-ring (bicyclic) bond motifs is 1. The fourth-order valence-corrected chi connectivity index (χ4v) is 4.13. The lowest BCUT2D eigenvalue weighted by Gasteiger charge is -2.15. The van der Waals surface area contributed by atoms with Crippen LogP contribution in [-0.4, -0.2) is 25.3 Å². The lowest BCUT2D eigenvalue weighted by molar-refractivity contribution is 0.0526. The average molecular weight is 345 g/mol. The summed E-state index contributed by atoms with van der Waals surface area (Å²) in [5.41, 5.74) is 3.22. The van der Waals surface area contributed by atoms with Crippen LogP contribution in [0.2, 0.25) is 0 Å². The maximum Gasteiger partial charge on any atom is 0.338 e. The summed E-state index contributed by atoms with van der Waals surface area (Å²) in [6, 6.07) is 12.0. The Bertz CT molecular complexity index is 872. The molecule has 0 fully saturated rings. The van der Waals surface area contributed by atoms with E-state index in [1.165, 1.54) is 4.31 Å².